The number of aryl methyl sites for hydroxylation is 1. The van der Waals surface area contributed by atoms with Crippen molar-refractivity contribution in [2.45, 2.75) is 40.0 Å². The molecule has 2 aromatic carbocycles. The van der Waals surface area contributed by atoms with Crippen molar-refractivity contribution in [3.63, 3.8) is 0 Å². The van der Waals surface area contributed by atoms with Gasteiger partial charge < -0.3 is 0 Å². The van der Waals surface area contributed by atoms with Crippen LogP contribution in [0.2, 0.25) is 0 Å². The first-order chi connectivity index (χ1) is 17.3. The normalized spacial score (nSPS) is 11.8. The number of benzene rings is 2. The topological polar surface area (TPSA) is 88.9 Å². The Hall–Kier alpha value is -4.26. The van der Waals surface area contributed by atoms with E-state index < -0.39 is 0 Å². The van der Waals surface area contributed by atoms with Crippen LogP contribution in [0.4, 0.5) is 11.5 Å². The molecule has 0 aliphatic rings. The standard InChI is InChI=1S/C29H29N5O2/c1-19(2)29(36)34(28-9-10-31-18-33-28)25-15-23(22-7-5-20(3)6-8-22)14-24(16-25)27(35)13-21(4)26-17-30-11-12-32-26/h5-12,14-19,21H,13H2,1-4H3. The van der Waals surface area contributed by atoms with Gasteiger partial charge >= 0.3 is 0 Å². The summed E-state index contributed by atoms with van der Waals surface area (Å²) in [7, 11) is 0. The number of aromatic nitrogens is 4. The maximum atomic E-state index is 13.5. The molecule has 0 fully saturated rings. The van der Waals surface area contributed by atoms with Gasteiger partial charge in [0.25, 0.3) is 0 Å². The van der Waals surface area contributed by atoms with Gasteiger partial charge in [-0.1, -0.05) is 50.6 Å². The van der Waals surface area contributed by atoms with Crippen LogP contribution in [0.25, 0.3) is 11.1 Å². The molecule has 2 aromatic heterocycles. The van der Waals surface area contributed by atoms with E-state index in [-0.39, 0.29) is 29.9 Å². The number of carbonyl (C=O) groups is 2. The van der Waals surface area contributed by atoms with Crippen LogP contribution in [0.3, 0.4) is 0 Å². The fourth-order valence-corrected chi connectivity index (χ4v) is 3.93. The van der Waals surface area contributed by atoms with Crippen molar-refractivity contribution in [2.75, 3.05) is 4.90 Å². The molecule has 0 N–H and O–H groups in total. The Bertz CT molecular complexity index is 1340. The summed E-state index contributed by atoms with van der Waals surface area (Å²) in [6.45, 7) is 7.67. The van der Waals surface area contributed by atoms with Gasteiger partial charge in [0.2, 0.25) is 5.91 Å². The van der Waals surface area contributed by atoms with Crippen molar-refractivity contribution in [3.8, 4) is 11.1 Å². The van der Waals surface area contributed by atoms with Crippen LogP contribution in [-0.4, -0.2) is 31.6 Å². The Balaban J connectivity index is 1.81. The van der Waals surface area contributed by atoms with Gasteiger partial charge in [0.15, 0.2) is 5.78 Å². The fourth-order valence-electron chi connectivity index (χ4n) is 3.93. The van der Waals surface area contributed by atoms with Crippen molar-refractivity contribution in [1.29, 1.82) is 0 Å². The highest BCUT2D eigenvalue weighted by molar-refractivity contribution is 6.04. The van der Waals surface area contributed by atoms with Gasteiger partial charge in [-0.3, -0.25) is 24.5 Å². The van der Waals surface area contributed by atoms with Gasteiger partial charge in [0.05, 0.1) is 11.4 Å². The number of ketones is 1. The summed E-state index contributed by atoms with van der Waals surface area (Å²) >= 11 is 0. The average Bonchev–Trinajstić information content (AvgIpc) is 2.90. The monoisotopic (exact) mass is 479 g/mol. The first kappa shape index (κ1) is 24.9. The summed E-state index contributed by atoms with van der Waals surface area (Å²) in [6.07, 6.45) is 8.20. The smallest absolute Gasteiger partial charge is 0.235 e. The van der Waals surface area contributed by atoms with Crippen LogP contribution in [0.15, 0.2) is 79.6 Å². The van der Waals surface area contributed by atoms with Crippen molar-refractivity contribution < 1.29 is 9.59 Å². The molecule has 36 heavy (non-hydrogen) atoms. The molecule has 0 saturated carbocycles. The Kier molecular flexibility index (Phi) is 7.59. The van der Waals surface area contributed by atoms with Gasteiger partial charge in [0, 0.05) is 48.6 Å². The number of anilines is 2. The van der Waals surface area contributed by atoms with Crippen LogP contribution in [0.5, 0.6) is 0 Å². The third kappa shape index (κ3) is 5.68. The minimum Gasteiger partial charge on any atom is -0.294 e. The van der Waals surface area contributed by atoms with Crippen LogP contribution >= 0.6 is 0 Å². The summed E-state index contributed by atoms with van der Waals surface area (Å²) in [4.78, 5) is 45.2. The van der Waals surface area contributed by atoms with Crippen LogP contribution in [0, 0.1) is 12.8 Å². The van der Waals surface area contributed by atoms with Crippen LogP contribution in [-0.2, 0) is 4.79 Å². The zero-order valence-electron chi connectivity index (χ0n) is 20.9. The van der Waals surface area contributed by atoms with E-state index in [2.05, 4.69) is 19.9 Å². The van der Waals surface area contributed by atoms with E-state index >= 15 is 0 Å². The molecular weight excluding hydrogens is 450 g/mol. The van der Waals surface area contributed by atoms with E-state index in [1.807, 2.05) is 64.1 Å². The number of carbonyl (C=O) groups excluding carboxylic acids is 2. The Labute approximate surface area is 211 Å². The van der Waals surface area contributed by atoms with Gasteiger partial charge in [-0.25, -0.2) is 9.97 Å². The Morgan fingerprint density at radius 2 is 1.64 bits per heavy atom. The van der Waals surface area contributed by atoms with E-state index in [4.69, 9.17) is 0 Å². The molecule has 2 heterocycles. The molecular formula is C29H29N5O2. The summed E-state index contributed by atoms with van der Waals surface area (Å²) < 4.78 is 0. The summed E-state index contributed by atoms with van der Waals surface area (Å²) in [5.41, 5.74) is 4.81. The predicted molar refractivity (Wildman–Crippen MR) is 140 cm³/mol. The maximum Gasteiger partial charge on any atom is 0.235 e. The van der Waals surface area contributed by atoms with Gasteiger partial charge in [-0.15, -0.1) is 0 Å². The molecule has 0 aliphatic heterocycles. The highest BCUT2D eigenvalue weighted by Crippen LogP contribution is 2.33. The number of nitrogens with zero attached hydrogens (tertiary/aromatic N) is 5. The molecule has 1 atom stereocenters. The number of hydrogen-bond donors (Lipinski definition) is 0. The SMILES string of the molecule is Cc1ccc(-c2cc(C(=O)CC(C)c3cnccn3)cc(N(C(=O)C(C)C)c3ccncn3)c2)cc1. The summed E-state index contributed by atoms with van der Waals surface area (Å²) in [5, 5.41) is 0. The summed E-state index contributed by atoms with van der Waals surface area (Å²) in [6, 6.07) is 15.4. The van der Waals surface area contributed by atoms with Gasteiger partial charge in [-0.2, -0.15) is 0 Å². The predicted octanol–water partition coefficient (Wildman–Crippen LogP) is 5.94. The van der Waals surface area contributed by atoms with Gasteiger partial charge in [0.1, 0.15) is 12.1 Å². The molecule has 4 rings (SSSR count). The molecule has 0 saturated heterocycles. The molecule has 0 aliphatic carbocycles. The molecule has 0 radical (unpaired) electrons. The van der Waals surface area contributed by atoms with E-state index in [0.717, 1.165) is 22.4 Å². The number of rotatable bonds is 8. The lowest BCUT2D eigenvalue weighted by molar-refractivity contribution is -0.120. The number of hydrogen-bond acceptors (Lipinski definition) is 6. The highest BCUT2D eigenvalue weighted by Gasteiger charge is 2.24. The molecule has 0 spiro atoms. The van der Waals surface area contributed by atoms with Crippen LogP contribution < -0.4 is 4.90 Å². The first-order valence-corrected chi connectivity index (χ1v) is 11.9. The lowest BCUT2D eigenvalue weighted by Crippen LogP contribution is -2.30. The van der Waals surface area contributed by atoms with Crippen molar-refractivity contribution >= 4 is 23.2 Å². The molecule has 4 aromatic rings. The first-order valence-electron chi connectivity index (χ1n) is 11.9. The maximum absolute atomic E-state index is 13.5. The molecule has 1 unspecified atom stereocenters. The second-order valence-corrected chi connectivity index (χ2v) is 9.19. The number of Topliss-reactive ketones (excluding diaryl/α,β-unsaturated/α-hetero) is 1. The second kappa shape index (κ2) is 11.0. The Morgan fingerprint density at radius 3 is 2.28 bits per heavy atom. The zero-order chi connectivity index (χ0) is 25.7. The minimum atomic E-state index is -0.279. The Morgan fingerprint density at radius 1 is 0.861 bits per heavy atom. The summed E-state index contributed by atoms with van der Waals surface area (Å²) in [5.74, 6) is -0.0908. The minimum absolute atomic E-state index is 0.0389. The van der Waals surface area contributed by atoms with E-state index in [1.165, 1.54) is 6.33 Å². The molecule has 1 amide bonds. The molecule has 0 bridgehead atoms. The average molecular weight is 480 g/mol. The zero-order valence-corrected chi connectivity index (χ0v) is 20.9. The van der Waals surface area contributed by atoms with Gasteiger partial charge in [-0.05, 0) is 42.3 Å². The third-order valence-corrected chi connectivity index (χ3v) is 5.97. The van der Waals surface area contributed by atoms with Crippen molar-refractivity contribution in [2.24, 2.45) is 5.92 Å². The second-order valence-electron chi connectivity index (χ2n) is 9.19. The van der Waals surface area contributed by atoms with E-state index in [0.29, 0.717) is 17.1 Å². The molecule has 7 nitrogen and oxygen atoms in total. The van der Waals surface area contributed by atoms with Crippen molar-refractivity contribution in [1.82, 2.24) is 19.9 Å². The molecule has 7 heteroatoms. The molecule has 182 valence electrons. The third-order valence-electron chi connectivity index (χ3n) is 5.97. The lowest BCUT2D eigenvalue weighted by Gasteiger charge is -2.25. The van der Waals surface area contributed by atoms with E-state index in [1.54, 1.807) is 41.8 Å². The highest BCUT2D eigenvalue weighted by atomic mass is 16.2. The quantitative estimate of drug-likeness (QED) is 0.291. The fraction of sp³-hybridized carbons (Fsp3) is 0.241. The largest absolute Gasteiger partial charge is 0.294 e. The lowest BCUT2D eigenvalue weighted by atomic mass is 9.94. The van der Waals surface area contributed by atoms with E-state index in [9.17, 15) is 9.59 Å². The van der Waals surface area contributed by atoms with Crippen LogP contribution in [0.1, 0.15) is 54.7 Å². The number of amides is 1. The van der Waals surface area contributed by atoms with Crippen molar-refractivity contribution in [3.05, 3.63) is 96.5 Å².